The van der Waals surface area contributed by atoms with Gasteiger partial charge in [-0.2, -0.15) is 13.2 Å². The maximum atomic E-state index is 12.8. The van der Waals surface area contributed by atoms with Gasteiger partial charge < -0.3 is 15.2 Å². The Balaban J connectivity index is 2.20. The summed E-state index contributed by atoms with van der Waals surface area (Å²) in [5.41, 5.74) is -0.535. The summed E-state index contributed by atoms with van der Waals surface area (Å²) in [5.74, 6) is -1.59. The molecule has 0 aliphatic rings. The Morgan fingerprint density at radius 1 is 1.15 bits per heavy atom. The zero-order valence-corrected chi connectivity index (χ0v) is 13.7. The Morgan fingerprint density at radius 2 is 1.85 bits per heavy atom. The SMILES string of the molecule is COC(=O)[C@@H](Cc1cccc(C(F)(F)F)c1)NC(=O)c1cccc(O)c1. The molecule has 2 N–H and O–H groups in total. The summed E-state index contributed by atoms with van der Waals surface area (Å²) in [6.07, 6.45) is -4.69. The van der Waals surface area contributed by atoms with E-state index in [-0.39, 0.29) is 23.3 Å². The van der Waals surface area contributed by atoms with Gasteiger partial charge in [0.15, 0.2) is 0 Å². The van der Waals surface area contributed by atoms with E-state index in [1.54, 1.807) is 0 Å². The second-order valence-electron chi connectivity index (χ2n) is 5.50. The van der Waals surface area contributed by atoms with Gasteiger partial charge in [-0.1, -0.05) is 24.3 Å². The van der Waals surface area contributed by atoms with Crippen LogP contribution in [0, 0.1) is 0 Å². The summed E-state index contributed by atoms with van der Waals surface area (Å²) in [7, 11) is 1.11. The number of nitrogens with one attached hydrogen (secondary N) is 1. The molecule has 0 radical (unpaired) electrons. The Hall–Kier alpha value is -3.03. The highest BCUT2D eigenvalue weighted by Crippen LogP contribution is 2.29. The zero-order valence-electron chi connectivity index (χ0n) is 13.7. The van der Waals surface area contributed by atoms with Gasteiger partial charge in [0, 0.05) is 12.0 Å². The molecule has 2 aromatic carbocycles. The van der Waals surface area contributed by atoms with Crippen LogP contribution in [0.25, 0.3) is 0 Å². The van der Waals surface area contributed by atoms with Gasteiger partial charge in [0.1, 0.15) is 11.8 Å². The summed E-state index contributed by atoms with van der Waals surface area (Å²) in [5, 5.41) is 11.8. The molecule has 0 spiro atoms. The van der Waals surface area contributed by atoms with Crippen LogP contribution in [0.3, 0.4) is 0 Å². The number of hydrogen-bond donors (Lipinski definition) is 2. The fourth-order valence-electron chi connectivity index (χ4n) is 2.33. The summed E-state index contributed by atoms with van der Waals surface area (Å²) in [6, 6.07) is 8.75. The number of halogens is 3. The standard InChI is InChI=1S/C18H16F3NO4/c1-26-17(25)15(22-16(24)12-5-3-7-14(23)10-12)9-11-4-2-6-13(8-11)18(19,20)21/h2-8,10,15,23H,9H2,1H3,(H,22,24)/t15-/m1/s1. The highest BCUT2D eigenvalue weighted by Gasteiger charge is 2.31. The number of hydrogen-bond acceptors (Lipinski definition) is 4. The number of ether oxygens (including phenoxy) is 1. The molecule has 0 saturated heterocycles. The molecule has 0 saturated carbocycles. The minimum absolute atomic E-state index is 0.0999. The second kappa shape index (κ2) is 7.90. The van der Waals surface area contributed by atoms with Gasteiger partial charge in [-0.15, -0.1) is 0 Å². The number of amides is 1. The van der Waals surface area contributed by atoms with E-state index in [1.807, 2.05) is 0 Å². The molecule has 0 aromatic heterocycles. The van der Waals surface area contributed by atoms with Crippen molar-refractivity contribution in [2.24, 2.45) is 0 Å². The van der Waals surface area contributed by atoms with Gasteiger partial charge in [-0.05, 0) is 29.8 Å². The van der Waals surface area contributed by atoms with Crippen LogP contribution >= 0.6 is 0 Å². The molecule has 2 rings (SSSR count). The lowest BCUT2D eigenvalue weighted by atomic mass is 10.0. The van der Waals surface area contributed by atoms with Crippen LogP contribution in [0.1, 0.15) is 21.5 Å². The number of carbonyl (C=O) groups excluding carboxylic acids is 2. The third-order valence-corrected chi connectivity index (χ3v) is 3.59. The second-order valence-corrected chi connectivity index (χ2v) is 5.50. The third-order valence-electron chi connectivity index (χ3n) is 3.59. The minimum atomic E-state index is -4.51. The Kier molecular flexibility index (Phi) is 5.86. The normalized spacial score (nSPS) is 12.3. The average Bonchev–Trinajstić information content (AvgIpc) is 2.60. The van der Waals surface area contributed by atoms with Crippen molar-refractivity contribution in [2.45, 2.75) is 18.6 Å². The average molecular weight is 367 g/mol. The van der Waals surface area contributed by atoms with Gasteiger partial charge in [0.25, 0.3) is 5.91 Å². The number of benzene rings is 2. The van der Waals surface area contributed by atoms with E-state index in [2.05, 4.69) is 10.1 Å². The molecule has 138 valence electrons. The molecule has 5 nitrogen and oxygen atoms in total. The molecule has 0 aliphatic carbocycles. The first-order chi connectivity index (χ1) is 12.2. The lowest BCUT2D eigenvalue weighted by Gasteiger charge is -2.17. The summed E-state index contributed by atoms with van der Waals surface area (Å²) in [4.78, 5) is 24.2. The molecule has 26 heavy (non-hydrogen) atoms. The molecule has 0 heterocycles. The van der Waals surface area contributed by atoms with Crippen LogP contribution in [0.2, 0.25) is 0 Å². The predicted octanol–water partition coefficient (Wildman–Crippen LogP) is 2.93. The zero-order chi connectivity index (χ0) is 19.3. The van der Waals surface area contributed by atoms with E-state index in [9.17, 15) is 27.9 Å². The number of rotatable bonds is 5. The molecule has 1 atom stereocenters. The summed E-state index contributed by atoms with van der Waals surface area (Å²) in [6.45, 7) is 0. The largest absolute Gasteiger partial charge is 0.508 e. The van der Waals surface area contributed by atoms with E-state index in [0.29, 0.717) is 0 Å². The van der Waals surface area contributed by atoms with E-state index < -0.39 is 29.7 Å². The monoisotopic (exact) mass is 367 g/mol. The minimum Gasteiger partial charge on any atom is -0.508 e. The summed E-state index contributed by atoms with van der Waals surface area (Å²) >= 11 is 0. The number of esters is 1. The maximum absolute atomic E-state index is 12.8. The van der Waals surface area contributed by atoms with Crippen molar-refractivity contribution in [3.05, 3.63) is 65.2 Å². The first-order valence-electron chi connectivity index (χ1n) is 7.54. The number of aromatic hydroxyl groups is 1. The Labute approximate surface area is 147 Å². The van der Waals surface area contributed by atoms with Crippen molar-refractivity contribution in [1.82, 2.24) is 5.32 Å². The predicted molar refractivity (Wildman–Crippen MR) is 86.5 cm³/mol. The molecule has 0 aliphatic heterocycles. The van der Waals surface area contributed by atoms with E-state index in [0.717, 1.165) is 19.2 Å². The quantitative estimate of drug-likeness (QED) is 0.797. The first kappa shape index (κ1) is 19.3. The van der Waals surface area contributed by atoms with E-state index in [4.69, 9.17) is 0 Å². The van der Waals surface area contributed by atoms with E-state index in [1.165, 1.54) is 36.4 Å². The third kappa shape index (κ3) is 4.98. The number of phenols is 1. The molecule has 0 fully saturated rings. The smallest absolute Gasteiger partial charge is 0.416 e. The molecule has 2 aromatic rings. The number of methoxy groups -OCH3 is 1. The van der Waals surface area contributed by atoms with Crippen molar-refractivity contribution in [2.75, 3.05) is 7.11 Å². The fraction of sp³-hybridized carbons (Fsp3) is 0.222. The lowest BCUT2D eigenvalue weighted by Crippen LogP contribution is -2.43. The molecule has 8 heteroatoms. The molecular weight excluding hydrogens is 351 g/mol. The van der Waals surface area contributed by atoms with Crippen molar-refractivity contribution < 1.29 is 32.6 Å². The van der Waals surface area contributed by atoms with Crippen molar-refractivity contribution in [3.8, 4) is 5.75 Å². The van der Waals surface area contributed by atoms with Crippen molar-refractivity contribution >= 4 is 11.9 Å². The summed E-state index contributed by atoms with van der Waals surface area (Å²) < 4.78 is 43.1. The van der Waals surface area contributed by atoms with Gasteiger partial charge >= 0.3 is 12.1 Å². The van der Waals surface area contributed by atoms with Crippen LogP contribution < -0.4 is 5.32 Å². The topological polar surface area (TPSA) is 75.6 Å². The van der Waals surface area contributed by atoms with Crippen LogP contribution in [0.15, 0.2) is 48.5 Å². The number of carbonyl (C=O) groups is 2. The van der Waals surface area contributed by atoms with Crippen molar-refractivity contribution in [1.29, 1.82) is 0 Å². The van der Waals surface area contributed by atoms with Gasteiger partial charge in [0.05, 0.1) is 12.7 Å². The number of phenolic OH excluding ortho intramolecular Hbond substituents is 1. The van der Waals surface area contributed by atoms with Crippen LogP contribution in [0.5, 0.6) is 5.75 Å². The number of alkyl halides is 3. The Morgan fingerprint density at radius 3 is 2.46 bits per heavy atom. The maximum Gasteiger partial charge on any atom is 0.416 e. The highest BCUT2D eigenvalue weighted by molar-refractivity contribution is 5.97. The van der Waals surface area contributed by atoms with Gasteiger partial charge in [-0.25, -0.2) is 4.79 Å². The van der Waals surface area contributed by atoms with E-state index >= 15 is 0 Å². The first-order valence-corrected chi connectivity index (χ1v) is 7.54. The molecule has 1 amide bonds. The van der Waals surface area contributed by atoms with Crippen LogP contribution in [-0.4, -0.2) is 30.1 Å². The molecule has 0 unspecified atom stereocenters. The highest BCUT2D eigenvalue weighted by atomic mass is 19.4. The molecule has 0 bridgehead atoms. The van der Waals surface area contributed by atoms with Crippen molar-refractivity contribution in [3.63, 3.8) is 0 Å². The fourth-order valence-corrected chi connectivity index (χ4v) is 2.33. The lowest BCUT2D eigenvalue weighted by molar-refractivity contribution is -0.142. The van der Waals surface area contributed by atoms with Crippen LogP contribution in [0.4, 0.5) is 13.2 Å². The Bertz CT molecular complexity index is 805. The van der Waals surface area contributed by atoms with Gasteiger partial charge in [0.2, 0.25) is 0 Å². The van der Waals surface area contributed by atoms with Gasteiger partial charge in [-0.3, -0.25) is 4.79 Å². The molecular formula is C18H16F3NO4. The van der Waals surface area contributed by atoms with Crippen LogP contribution in [-0.2, 0) is 22.1 Å².